The summed E-state index contributed by atoms with van der Waals surface area (Å²) in [5, 5.41) is 4.23. The molecule has 0 fully saturated rings. The Bertz CT molecular complexity index is 643. The summed E-state index contributed by atoms with van der Waals surface area (Å²) < 4.78 is 11.6. The molecule has 1 N–H and O–H groups in total. The number of hydrogen-bond donors (Lipinski definition) is 1. The number of nitrogens with one attached hydrogen (secondary N) is 1. The molecule has 1 atom stereocenters. The number of aryl methyl sites for hydroxylation is 1. The highest BCUT2D eigenvalue weighted by atomic mass is 79.9. The number of benzene rings is 1. The molecule has 4 nitrogen and oxygen atoms in total. The van der Waals surface area contributed by atoms with Gasteiger partial charge in [0.2, 0.25) is 0 Å². The lowest BCUT2D eigenvalue weighted by atomic mass is 10.2. The zero-order valence-corrected chi connectivity index (χ0v) is 15.2. The van der Waals surface area contributed by atoms with Gasteiger partial charge in [0, 0.05) is 21.0 Å². The van der Waals surface area contributed by atoms with E-state index in [1.54, 1.807) is 25.6 Å². The topological polar surface area (TPSA) is 43.4 Å². The van der Waals surface area contributed by atoms with E-state index in [0.29, 0.717) is 11.5 Å². The van der Waals surface area contributed by atoms with Gasteiger partial charge in [0.1, 0.15) is 5.01 Å². The van der Waals surface area contributed by atoms with Gasteiger partial charge in [-0.25, -0.2) is 4.98 Å². The van der Waals surface area contributed by atoms with Crippen LogP contribution < -0.4 is 14.8 Å². The van der Waals surface area contributed by atoms with Crippen LogP contribution in [0.15, 0.2) is 16.6 Å². The Labute approximate surface area is 137 Å². The highest BCUT2D eigenvalue weighted by molar-refractivity contribution is 9.10. The third-order valence-corrected chi connectivity index (χ3v) is 5.39. The molecule has 0 bridgehead atoms. The molecule has 1 unspecified atom stereocenters. The molecule has 0 saturated carbocycles. The van der Waals surface area contributed by atoms with Crippen molar-refractivity contribution in [3.05, 3.63) is 27.2 Å². The van der Waals surface area contributed by atoms with Crippen LogP contribution in [0.25, 0.3) is 10.6 Å². The van der Waals surface area contributed by atoms with Gasteiger partial charge in [-0.1, -0.05) is 0 Å². The first-order valence-electron chi connectivity index (χ1n) is 6.58. The van der Waals surface area contributed by atoms with E-state index in [1.807, 2.05) is 26.1 Å². The van der Waals surface area contributed by atoms with E-state index in [-0.39, 0.29) is 6.04 Å². The SMILES string of the molecule is CNC(C)c1sc(-c2cc(OC)c(OC)cc2Br)nc1C. The molecule has 0 aliphatic rings. The van der Waals surface area contributed by atoms with Crippen molar-refractivity contribution in [3.63, 3.8) is 0 Å². The van der Waals surface area contributed by atoms with E-state index in [9.17, 15) is 0 Å². The largest absolute Gasteiger partial charge is 0.493 e. The Kier molecular flexibility index (Phi) is 5.24. The molecule has 0 saturated heterocycles. The van der Waals surface area contributed by atoms with Crippen LogP contribution in [-0.4, -0.2) is 26.3 Å². The van der Waals surface area contributed by atoms with Crippen LogP contribution in [0.1, 0.15) is 23.5 Å². The van der Waals surface area contributed by atoms with Crippen molar-refractivity contribution in [3.8, 4) is 22.1 Å². The van der Waals surface area contributed by atoms with E-state index in [4.69, 9.17) is 14.5 Å². The van der Waals surface area contributed by atoms with Crippen molar-refractivity contribution in [2.45, 2.75) is 19.9 Å². The molecule has 1 aromatic carbocycles. The van der Waals surface area contributed by atoms with Crippen LogP contribution in [0.2, 0.25) is 0 Å². The van der Waals surface area contributed by atoms with Crippen LogP contribution in [0.3, 0.4) is 0 Å². The predicted molar refractivity (Wildman–Crippen MR) is 90.6 cm³/mol. The number of methoxy groups -OCH3 is 2. The van der Waals surface area contributed by atoms with E-state index in [0.717, 1.165) is 20.7 Å². The predicted octanol–water partition coefficient (Wildman–Crippen LogP) is 4.18. The average Bonchev–Trinajstić information content (AvgIpc) is 2.87. The number of nitrogens with zero attached hydrogens (tertiary/aromatic N) is 1. The Hall–Kier alpha value is -1.11. The number of halogens is 1. The van der Waals surface area contributed by atoms with E-state index in [2.05, 4.69) is 28.2 Å². The molecule has 0 radical (unpaired) electrons. The fourth-order valence-electron chi connectivity index (χ4n) is 2.07. The normalized spacial score (nSPS) is 12.3. The van der Waals surface area contributed by atoms with Gasteiger partial charge in [-0.05, 0) is 49.0 Å². The van der Waals surface area contributed by atoms with Crippen molar-refractivity contribution >= 4 is 27.3 Å². The van der Waals surface area contributed by atoms with Crippen LogP contribution in [0.4, 0.5) is 0 Å². The number of rotatable bonds is 5. The van der Waals surface area contributed by atoms with Crippen LogP contribution in [-0.2, 0) is 0 Å². The molecule has 1 heterocycles. The Morgan fingerprint density at radius 2 is 1.86 bits per heavy atom. The summed E-state index contributed by atoms with van der Waals surface area (Å²) in [6.07, 6.45) is 0. The van der Waals surface area contributed by atoms with Gasteiger partial charge in [0.05, 0.1) is 19.9 Å². The average molecular weight is 371 g/mol. The van der Waals surface area contributed by atoms with E-state index >= 15 is 0 Å². The maximum Gasteiger partial charge on any atom is 0.161 e. The molecule has 6 heteroatoms. The molecule has 114 valence electrons. The van der Waals surface area contributed by atoms with Crippen LogP contribution in [0.5, 0.6) is 11.5 Å². The number of aromatic nitrogens is 1. The minimum atomic E-state index is 0.287. The summed E-state index contributed by atoms with van der Waals surface area (Å²) in [4.78, 5) is 5.94. The van der Waals surface area contributed by atoms with E-state index in [1.165, 1.54) is 4.88 Å². The minimum Gasteiger partial charge on any atom is -0.493 e. The Morgan fingerprint density at radius 3 is 2.43 bits per heavy atom. The standard InChI is InChI=1S/C15H19BrN2O2S/c1-8(17-3)14-9(2)18-15(21-14)10-6-12(19-4)13(20-5)7-11(10)16/h6-8,17H,1-5H3. The first-order valence-corrected chi connectivity index (χ1v) is 8.19. The Morgan fingerprint density at radius 1 is 1.24 bits per heavy atom. The lowest BCUT2D eigenvalue weighted by Gasteiger charge is -2.10. The first-order chi connectivity index (χ1) is 10.0. The zero-order valence-electron chi connectivity index (χ0n) is 12.8. The third kappa shape index (κ3) is 3.22. The third-order valence-electron chi connectivity index (χ3n) is 3.36. The Balaban J connectivity index is 2.52. The van der Waals surface area contributed by atoms with Gasteiger partial charge in [-0.2, -0.15) is 0 Å². The quantitative estimate of drug-likeness (QED) is 0.857. The fourth-order valence-corrected chi connectivity index (χ4v) is 3.87. The molecule has 0 aliphatic carbocycles. The first kappa shape index (κ1) is 16.3. The van der Waals surface area contributed by atoms with Gasteiger partial charge in [-0.3, -0.25) is 0 Å². The maximum atomic E-state index is 5.38. The zero-order chi connectivity index (χ0) is 15.6. The van der Waals surface area contributed by atoms with Gasteiger partial charge in [0.25, 0.3) is 0 Å². The summed E-state index contributed by atoms with van der Waals surface area (Å²) in [6, 6.07) is 4.15. The van der Waals surface area contributed by atoms with Crippen molar-refractivity contribution in [1.29, 1.82) is 0 Å². The minimum absolute atomic E-state index is 0.287. The highest BCUT2D eigenvalue weighted by Crippen LogP contribution is 2.41. The molecule has 0 spiro atoms. The molecule has 1 aromatic heterocycles. The van der Waals surface area contributed by atoms with Gasteiger partial charge >= 0.3 is 0 Å². The van der Waals surface area contributed by atoms with Crippen molar-refractivity contribution in [1.82, 2.24) is 10.3 Å². The molecule has 2 rings (SSSR count). The highest BCUT2D eigenvalue weighted by Gasteiger charge is 2.18. The van der Waals surface area contributed by atoms with Crippen LogP contribution >= 0.6 is 27.3 Å². The monoisotopic (exact) mass is 370 g/mol. The number of hydrogen-bond acceptors (Lipinski definition) is 5. The number of ether oxygens (including phenoxy) is 2. The van der Waals surface area contributed by atoms with Crippen molar-refractivity contribution in [2.24, 2.45) is 0 Å². The fraction of sp³-hybridized carbons (Fsp3) is 0.400. The molecular weight excluding hydrogens is 352 g/mol. The van der Waals surface area contributed by atoms with E-state index < -0.39 is 0 Å². The summed E-state index contributed by atoms with van der Waals surface area (Å²) in [5.41, 5.74) is 2.06. The lowest BCUT2D eigenvalue weighted by molar-refractivity contribution is 0.355. The second-order valence-corrected chi connectivity index (χ2v) is 6.55. The van der Waals surface area contributed by atoms with Gasteiger partial charge in [-0.15, -0.1) is 11.3 Å². The number of thiazole rings is 1. The van der Waals surface area contributed by atoms with Gasteiger partial charge < -0.3 is 14.8 Å². The summed E-state index contributed by atoms with van der Waals surface area (Å²) in [6.45, 7) is 4.17. The van der Waals surface area contributed by atoms with Crippen molar-refractivity contribution < 1.29 is 9.47 Å². The van der Waals surface area contributed by atoms with Crippen molar-refractivity contribution in [2.75, 3.05) is 21.3 Å². The summed E-state index contributed by atoms with van der Waals surface area (Å²) in [7, 11) is 5.22. The molecule has 0 amide bonds. The smallest absolute Gasteiger partial charge is 0.161 e. The second-order valence-electron chi connectivity index (χ2n) is 4.67. The molecule has 0 aliphatic heterocycles. The molecular formula is C15H19BrN2O2S. The second kappa shape index (κ2) is 6.77. The molecule has 2 aromatic rings. The maximum absolute atomic E-state index is 5.38. The van der Waals surface area contributed by atoms with Crippen LogP contribution in [0, 0.1) is 6.92 Å². The molecule has 21 heavy (non-hydrogen) atoms. The lowest BCUT2D eigenvalue weighted by Crippen LogP contribution is -2.11. The summed E-state index contributed by atoms with van der Waals surface area (Å²) in [5.74, 6) is 1.40. The van der Waals surface area contributed by atoms with Gasteiger partial charge in [0.15, 0.2) is 11.5 Å². The summed E-state index contributed by atoms with van der Waals surface area (Å²) >= 11 is 5.28.